The van der Waals surface area contributed by atoms with Gasteiger partial charge in [-0.25, -0.2) is 9.37 Å². The van der Waals surface area contributed by atoms with E-state index in [0.717, 1.165) is 0 Å². The van der Waals surface area contributed by atoms with Crippen molar-refractivity contribution in [2.24, 2.45) is 0 Å². The Morgan fingerprint density at radius 1 is 1.00 bits per heavy atom. The highest BCUT2D eigenvalue weighted by Crippen LogP contribution is 2.32. The van der Waals surface area contributed by atoms with Crippen LogP contribution < -0.4 is 15.0 Å². The molecule has 8 nitrogen and oxygen atoms in total. The molecule has 10 heteroatoms. The van der Waals surface area contributed by atoms with Crippen LogP contribution >= 0.6 is 11.8 Å². The van der Waals surface area contributed by atoms with Gasteiger partial charge in [0.05, 0.1) is 42.1 Å². The van der Waals surface area contributed by atoms with Crippen LogP contribution in [0, 0.1) is 5.82 Å². The van der Waals surface area contributed by atoms with Crippen LogP contribution in [0.1, 0.15) is 5.89 Å². The maximum absolute atomic E-state index is 13.5. The van der Waals surface area contributed by atoms with Gasteiger partial charge >= 0.3 is 0 Å². The zero-order valence-corrected chi connectivity index (χ0v) is 19.6. The first kappa shape index (κ1) is 22.6. The Bertz CT molecular complexity index is 1570. The number of benzene rings is 3. The number of methoxy groups -OCH3 is 2. The van der Waals surface area contributed by atoms with Crippen LogP contribution in [-0.4, -0.2) is 33.9 Å². The molecule has 3 aromatic carbocycles. The minimum absolute atomic E-state index is 0.251. The fraction of sp³-hybridized carbons (Fsp3) is 0.120. The minimum Gasteiger partial charge on any atom is -0.497 e. The van der Waals surface area contributed by atoms with E-state index >= 15 is 0 Å². The summed E-state index contributed by atoms with van der Waals surface area (Å²) >= 11 is 1.26. The molecule has 0 aliphatic rings. The predicted molar refractivity (Wildman–Crippen MR) is 130 cm³/mol. The van der Waals surface area contributed by atoms with E-state index in [1.165, 1.54) is 40.6 Å². The molecule has 0 aliphatic heterocycles. The lowest BCUT2D eigenvalue weighted by Crippen LogP contribution is -2.21. The molecule has 0 N–H and O–H groups in total. The van der Waals surface area contributed by atoms with Crippen LogP contribution in [0.3, 0.4) is 0 Å². The van der Waals surface area contributed by atoms with Gasteiger partial charge in [0.25, 0.3) is 5.56 Å². The highest BCUT2D eigenvalue weighted by atomic mass is 32.2. The van der Waals surface area contributed by atoms with Crippen molar-refractivity contribution in [2.45, 2.75) is 10.9 Å². The lowest BCUT2D eigenvalue weighted by atomic mass is 10.2. The maximum atomic E-state index is 13.5. The van der Waals surface area contributed by atoms with Crippen LogP contribution in [0.15, 0.2) is 81.2 Å². The lowest BCUT2D eigenvalue weighted by molar-refractivity contribution is 0.388. The first-order chi connectivity index (χ1) is 17.1. The molecule has 5 rings (SSSR count). The number of nitrogens with zero attached hydrogens (tertiary/aromatic N) is 4. The van der Waals surface area contributed by atoms with Gasteiger partial charge in [-0.2, -0.15) is 4.98 Å². The number of hydrogen-bond donors (Lipinski definition) is 0. The number of aromatic nitrogens is 4. The molecular weight excluding hydrogens is 471 g/mol. The van der Waals surface area contributed by atoms with E-state index in [1.807, 2.05) is 6.07 Å². The molecule has 2 heterocycles. The topological polar surface area (TPSA) is 92.3 Å². The normalized spacial score (nSPS) is 11.1. The van der Waals surface area contributed by atoms with E-state index in [1.54, 1.807) is 50.6 Å². The minimum atomic E-state index is -0.392. The molecule has 2 aromatic heterocycles. The molecule has 0 saturated carbocycles. The number of fused-ring (bicyclic) bond motifs is 1. The van der Waals surface area contributed by atoms with Crippen molar-refractivity contribution >= 4 is 22.7 Å². The van der Waals surface area contributed by atoms with Crippen molar-refractivity contribution in [3.05, 3.63) is 88.8 Å². The van der Waals surface area contributed by atoms with Gasteiger partial charge in [0.2, 0.25) is 11.7 Å². The second-order valence-corrected chi connectivity index (χ2v) is 8.34. The Kier molecular flexibility index (Phi) is 6.19. The molecule has 0 saturated heterocycles. The van der Waals surface area contributed by atoms with E-state index in [2.05, 4.69) is 15.1 Å². The van der Waals surface area contributed by atoms with E-state index in [4.69, 9.17) is 14.0 Å². The van der Waals surface area contributed by atoms with Gasteiger partial charge in [0, 0.05) is 6.07 Å². The summed E-state index contributed by atoms with van der Waals surface area (Å²) in [5.41, 5.74) is 1.47. The SMILES string of the molecule is COc1ccc(-c2noc(CSc3nc4ccccc4c(=O)n3-c3ccc(F)cc3)n2)c(OC)c1. The van der Waals surface area contributed by atoms with Crippen LogP contribution in [0.25, 0.3) is 28.0 Å². The molecule has 0 aliphatic carbocycles. The van der Waals surface area contributed by atoms with Crippen LogP contribution in [0.2, 0.25) is 0 Å². The van der Waals surface area contributed by atoms with Crippen LogP contribution in [-0.2, 0) is 5.75 Å². The van der Waals surface area contributed by atoms with Gasteiger partial charge in [-0.3, -0.25) is 9.36 Å². The summed E-state index contributed by atoms with van der Waals surface area (Å²) in [5.74, 6) is 1.77. The standard InChI is InChI=1S/C25H19FN4O4S/c1-32-17-11-12-19(21(13-17)33-2)23-28-22(34-29-23)14-35-25-27-20-6-4-3-5-18(20)24(31)30(25)16-9-7-15(26)8-10-16/h3-13H,14H2,1-2H3. The third-order valence-corrected chi connectivity index (χ3v) is 6.20. The summed E-state index contributed by atoms with van der Waals surface area (Å²) < 4.78 is 31.1. The summed E-state index contributed by atoms with van der Waals surface area (Å²) in [4.78, 5) is 22.4. The van der Waals surface area contributed by atoms with Gasteiger partial charge in [-0.05, 0) is 48.5 Å². The average molecular weight is 491 g/mol. The zero-order valence-electron chi connectivity index (χ0n) is 18.8. The highest BCUT2D eigenvalue weighted by Gasteiger charge is 2.17. The Hall–Kier alpha value is -4.18. The van der Waals surface area contributed by atoms with Crippen molar-refractivity contribution in [1.82, 2.24) is 19.7 Å². The third kappa shape index (κ3) is 4.47. The molecule has 0 fully saturated rings. The summed E-state index contributed by atoms with van der Waals surface area (Å²) in [7, 11) is 3.12. The van der Waals surface area contributed by atoms with Gasteiger partial charge in [0.1, 0.15) is 17.3 Å². The number of hydrogen-bond acceptors (Lipinski definition) is 8. The first-order valence-electron chi connectivity index (χ1n) is 10.5. The number of halogens is 1. The number of rotatable bonds is 7. The fourth-order valence-electron chi connectivity index (χ4n) is 3.56. The summed E-state index contributed by atoms with van der Waals surface area (Å²) in [5, 5.41) is 4.95. The van der Waals surface area contributed by atoms with Gasteiger partial charge in [0.15, 0.2) is 5.16 Å². The molecule has 0 amide bonds. The van der Waals surface area contributed by atoms with Crippen molar-refractivity contribution in [1.29, 1.82) is 0 Å². The molecular formula is C25H19FN4O4S. The fourth-order valence-corrected chi connectivity index (χ4v) is 4.41. The highest BCUT2D eigenvalue weighted by molar-refractivity contribution is 7.98. The summed E-state index contributed by atoms with van der Waals surface area (Å²) in [6.07, 6.45) is 0. The second-order valence-electron chi connectivity index (χ2n) is 7.40. The van der Waals surface area contributed by atoms with E-state index in [-0.39, 0.29) is 11.3 Å². The molecule has 176 valence electrons. The smallest absolute Gasteiger partial charge is 0.266 e. The largest absolute Gasteiger partial charge is 0.497 e. The Labute approximate surface area is 203 Å². The first-order valence-corrected chi connectivity index (χ1v) is 11.5. The monoisotopic (exact) mass is 490 g/mol. The van der Waals surface area contributed by atoms with Gasteiger partial charge in [-0.1, -0.05) is 29.1 Å². The zero-order chi connectivity index (χ0) is 24.4. The van der Waals surface area contributed by atoms with Crippen molar-refractivity contribution in [3.8, 4) is 28.6 Å². The molecule has 35 heavy (non-hydrogen) atoms. The van der Waals surface area contributed by atoms with E-state index < -0.39 is 5.82 Å². The van der Waals surface area contributed by atoms with Gasteiger partial charge in [-0.15, -0.1) is 0 Å². The van der Waals surface area contributed by atoms with Crippen molar-refractivity contribution in [3.63, 3.8) is 0 Å². The average Bonchev–Trinajstić information content (AvgIpc) is 3.37. The molecule has 0 unspecified atom stereocenters. The second kappa shape index (κ2) is 9.59. The number of ether oxygens (including phenoxy) is 2. The molecule has 0 spiro atoms. The Morgan fingerprint density at radius 2 is 1.80 bits per heavy atom. The Balaban J connectivity index is 1.48. The predicted octanol–water partition coefficient (Wildman–Crippen LogP) is 4.88. The molecule has 0 bridgehead atoms. The molecule has 0 radical (unpaired) electrons. The van der Waals surface area contributed by atoms with Crippen molar-refractivity contribution < 1.29 is 18.4 Å². The summed E-state index contributed by atoms with van der Waals surface area (Å²) in [6, 6.07) is 18.1. The number of thioether (sulfide) groups is 1. The maximum Gasteiger partial charge on any atom is 0.266 e. The van der Waals surface area contributed by atoms with E-state index in [9.17, 15) is 9.18 Å². The quantitative estimate of drug-likeness (QED) is 0.235. The van der Waals surface area contributed by atoms with Crippen molar-refractivity contribution in [2.75, 3.05) is 14.2 Å². The lowest BCUT2D eigenvalue weighted by Gasteiger charge is -2.12. The molecule has 0 atom stereocenters. The summed E-state index contributed by atoms with van der Waals surface area (Å²) in [6.45, 7) is 0. The van der Waals surface area contributed by atoms with Crippen LogP contribution in [0.4, 0.5) is 4.39 Å². The Morgan fingerprint density at radius 3 is 2.57 bits per heavy atom. The molecule has 5 aromatic rings. The van der Waals surface area contributed by atoms with E-state index in [0.29, 0.717) is 50.5 Å². The van der Waals surface area contributed by atoms with Crippen LogP contribution in [0.5, 0.6) is 11.5 Å². The number of para-hydroxylation sites is 1. The third-order valence-electron chi connectivity index (χ3n) is 5.27. The van der Waals surface area contributed by atoms with Gasteiger partial charge < -0.3 is 14.0 Å².